The van der Waals surface area contributed by atoms with Crippen LogP contribution in [0.25, 0.3) is 0 Å². The van der Waals surface area contributed by atoms with Gasteiger partial charge in [0.15, 0.2) is 11.5 Å². The van der Waals surface area contributed by atoms with Crippen LogP contribution in [0, 0.1) is 0 Å². The van der Waals surface area contributed by atoms with Crippen LogP contribution in [0.5, 0.6) is 11.5 Å². The topological polar surface area (TPSA) is 79.4 Å². The molecule has 3 aliphatic rings. The number of hydrogen-bond acceptors (Lipinski definition) is 6. The molecule has 0 N–H and O–H groups in total. The number of rotatable bonds is 4. The summed E-state index contributed by atoms with van der Waals surface area (Å²) < 4.78 is 38.7. The number of amides is 1. The van der Waals surface area contributed by atoms with Gasteiger partial charge in [-0.05, 0) is 36.6 Å². The number of carbonyl (C=O) groups is 1. The van der Waals surface area contributed by atoms with Gasteiger partial charge in [-0.15, -0.1) is 0 Å². The number of aryl methyl sites for hydroxylation is 1. The smallest absolute Gasteiger partial charge is 0.243 e. The van der Waals surface area contributed by atoms with Crippen molar-refractivity contribution >= 4 is 21.6 Å². The Balaban J connectivity index is 1.21. The lowest BCUT2D eigenvalue weighted by atomic mass is 10.0. The van der Waals surface area contributed by atoms with Gasteiger partial charge in [-0.3, -0.25) is 9.69 Å². The number of piperazine rings is 1. The molecule has 8 nitrogen and oxygen atoms in total. The van der Waals surface area contributed by atoms with E-state index in [9.17, 15) is 13.2 Å². The first kappa shape index (κ1) is 21.2. The van der Waals surface area contributed by atoms with Crippen molar-refractivity contribution in [1.29, 1.82) is 0 Å². The fourth-order valence-corrected chi connectivity index (χ4v) is 5.97. The molecule has 170 valence electrons. The van der Waals surface area contributed by atoms with Crippen LogP contribution in [0.4, 0.5) is 5.69 Å². The highest BCUT2D eigenvalue weighted by molar-refractivity contribution is 7.89. The Labute approximate surface area is 188 Å². The van der Waals surface area contributed by atoms with E-state index in [1.54, 1.807) is 12.1 Å². The van der Waals surface area contributed by atoms with Gasteiger partial charge in [0, 0.05) is 44.5 Å². The van der Waals surface area contributed by atoms with Gasteiger partial charge in [0.1, 0.15) is 13.2 Å². The molecule has 1 fully saturated rings. The molecule has 0 bridgehead atoms. The summed E-state index contributed by atoms with van der Waals surface area (Å²) in [5.41, 5.74) is 2.21. The molecular formula is C23H27N3O5S. The summed E-state index contributed by atoms with van der Waals surface area (Å²) in [5.74, 6) is 1.10. The molecule has 2 aromatic carbocycles. The van der Waals surface area contributed by atoms with Gasteiger partial charge >= 0.3 is 0 Å². The number of benzene rings is 2. The Kier molecular flexibility index (Phi) is 5.79. The fraction of sp³-hybridized carbons (Fsp3) is 0.435. The predicted molar refractivity (Wildman–Crippen MR) is 120 cm³/mol. The summed E-state index contributed by atoms with van der Waals surface area (Å²) in [6, 6.07) is 12.8. The predicted octanol–water partition coefficient (Wildman–Crippen LogP) is 1.74. The largest absolute Gasteiger partial charge is 0.486 e. The summed E-state index contributed by atoms with van der Waals surface area (Å²) in [4.78, 5) is 17.1. The minimum Gasteiger partial charge on any atom is -0.486 e. The Morgan fingerprint density at radius 1 is 0.906 bits per heavy atom. The van der Waals surface area contributed by atoms with Crippen LogP contribution in [0.2, 0.25) is 0 Å². The summed E-state index contributed by atoms with van der Waals surface area (Å²) in [6.07, 6.45) is 1.96. The van der Waals surface area contributed by atoms with E-state index in [0.717, 1.165) is 25.1 Å². The second-order valence-electron chi connectivity index (χ2n) is 8.26. The van der Waals surface area contributed by atoms with E-state index in [4.69, 9.17) is 9.47 Å². The number of para-hydroxylation sites is 1. The number of hydrogen-bond donors (Lipinski definition) is 0. The molecule has 5 rings (SSSR count). The SMILES string of the molecule is O=C(CN1CCN(S(=O)(=O)c2ccc3c(c2)OCCO3)CC1)N1CCCc2ccccc21. The van der Waals surface area contributed by atoms with Crippen LogP contribution in [0.3, 0.4) is 0 Å². The number of anilines is 1. The second-order valence-corrected chi connectivity index (χ2v) is 10.2. The van der Waals surface area contributed by atoms with E-state index in [1.807, 2.05) is 28.0 Å². The second kappa shape index (κ2) is 8.73. The highest BCUT2D eigenvalue weighted by Crippen LogP contribution is 2.33. The third-order valence-electron chi connectivity index (χ3n) is 6.25. The molecule has 32 heavy (non-hydrogen) atoms. The molecule has 3 aliphatic heterocycles. The third-order valence-corrected chi connectivity index (χ3v) is 8.15. The minimum atomic E-state index is -3.63. The maximum absolute atomic E-state index is 13.1. The molecule has 0 aliphatic carbocycles. The molecule has 0 spiro atoms. The average Bonchev–Trinajstić information content (AvgIpc) is 2.83. The maximum atomic E-state index is 13.1. The number of carbonyl (C=O) groups excluding carboxylic acids is 1. The van der Waals surface area contributed by atoms with Gasteiger partial charge in [-0.1, -0.05) is 18.2 Å². The Hall–Kier alpha value is -2.62. The summed E-state index contributed by atoms with van der Waals surface area (Å²) in [5, 5.41) is 0. The zero-order valence-corrected chi connectivity index (χ0v) is 18.7. The molecule has 0 saturated carbocycles. The molecule has 9 heteroatoms. The average molecular weight is 458 g/mol. The zero-order valence-electron chi connectivity index (χ0n) is 17.9. The lowest BCUT2D eigenvalue weighted by molar-refractivity contribution is -0.120. The molecular weight excluding hydrogens is 430 g/mol. The quantitative estimate of drug-likeness (QED) is 0.696. The first-order valence-electron chi connectivity index (χ1n) is 11.0. The fourth-order valence-electron chi connectivity index (χ4n) is 4.53. The van der Waals surface area contributed by atoms with Crippen LogP contribution in [0.1, 0.15) is 12.0 Å². The van der Waals surface area contributed by atoms with Crippen LogP contribution in [0.15, 0.2) is 47.4 Å². The van der Waals surface area contributed by atoms with E-state index >= 15 is 0 Å². The van der Waals surface area contributed by atoms with Crippen molar-refractivity contribution < 1.29 is 22.7 Å². The number of nitrogens with zero attached hydrogens (tertiary/aromatic N) is 3. The molecule has 0 unspecified atom stereocenters. The van der Waals surface area contributed by atoms with Gasteiger partial charge in [-0.25, -0.2) is 8.42 Å². The van der Waals surface area contributed by atoms with Crippen LogP contribution in [-0.2, 0) is 21.2 Å². The first-order chi connectivity index (χ1) is 15.5. The Morgan fingerprint density at radius 2 is 1.66 bits per heavy atom. The molecule has 3 heterocycles. The molecule has 2 aromatic rings. The summed E-state index contributed by atoms with van der Waals surface area (Å²) in [7, 11) is -3.63. The van der Waals surface area contributed by atoms with E-state index in [-0.39, 0.29) is 10.8 Å². The van der Waals surface area contributed by atoms with Gasteiger partial charge < -0.3 is 14.4 Å². The third kappa shape index (κ3) is 4.07. The van der Waals surface area contributed by atoms with Crippen LogP contribution in [-0.4, -0.2) is 76.0 Å². The lowest BCUT2D eigenvalue weighted by Crippen LogP contribution is -2.52. The monoisotopic (exact) mass is 457 g/mol. The summed E-state index contributed by atoms with van der Waals surface area (Å²) in [6.45, 7) is 3.63. The number of ether oxygens (including phenoxy) is 2. The molecule has 0 aromatic heterocycles. The van der Waals surface area contributed by atoms with Gasteiger partial charge in [0.2, 0.25) is 15.9 Å². The van der Waals surface area contributed by atoms with Crippen molar-refractivity contribution in [3.8, 4) is 11.5 Å². The van der Waals surface area contributed by atoms with Crippen molar-refractivity contribution in [3.63, 3.8) is 0 Å². The Morgan fingerprint density at radius 3 is 2.47 bits per heavy atom. The van der Waals surface area contributed by atoms with Crippen molar-refractivity contribution in [2.45, 2.75) is 17.7 Å². The van der Waals surface area contributed by atoms with E-state index in [1.165, 1.54) is 15.9 Å². The van der Waals surface area contributed by atoms with Gasteiger partial charge in [0.25, 0.3) is 0 Å². The molecule has 0 atom stereocenters. The highest BCUT2D eigenvalue weighted by atomic mass is 32.2. The minimum absolute atomic E-state index is 0.0697. The summed E-state index contributed by atoms with van der Waals surface area (Å²) >= 11 is 0. The molecule has 0 radical (unpaired) electrons. The van der Waals surface area contributed by atoms with E-state index in [2.05, 4.69) is 6.07 Å². The number of sulfonamides is 1. The highest BCUT2D eigenvalue weighted by Gasteiger charge is 2.31. The van der Waals surface area contributed by atoms with E-state index < -0.39 is 10.0 Å². The van der Waals surface area contributed by atoms with Crippen molar-refractivity contribution in [2.75, 3.05) is 57.4 Å². The van der Waals surface area contributed by atoms with Crippen molar-refractivity contribution in [1.82, 2.24) is 9.21 Å². The van der Waals surface area contributed by atoms with Crippen LogP contribution < -0.4 is 14.4 Å². The molecule has 1 saturated heterocycles. The zero-order chi connectivity index (χ0) is 22.1. The van der Waals surface area contributed by atoms with Crippen LogP contribution >= 0.6 is 0 Å². The Bertz CT molecular complexity index is 1110. The lowest BCUT2D eigenvalue weighted by Gasteiger charge is -2.36. The standard InChI is InChI=1S/C23H27N3O5S/c27-23(26-9-3-5-18-4-1-2-6-20(18)26)17-24-10-12-25(13-11-24)32(28,29)19-7-8-21-22(16-19)31-15-14-30-21/h1-2,4,6-8,16H,3,5,9-15,17H2. The van der Waals surface area contributed by atoms with E-state index in [0.29, 0.717) is 57.4 Å². The number of fused-ring (bicyclic) bond motifs is 2. The maximum Gasteiger partial charge on any atom is 0.243 e. The normalized spacial score (nSPS) is 19.4. The first-order valence-corrected chi connectivity index (χ1v) is 12.5. The van der Waals surface area contributed by atoms with Gasteiger partial charge in [-0.2, -0.15) is 4.31 Å². The van der Waals surface area contributed by atoms with Crippen molar-refractivity contribution in [2.24, 2.45) is 0 Å². The van der Waals surface area contributed by atoms with Crippen molar-refractivity contribution in [3.05, 3.63) is 48.0 Å². The van der Waals surface area contributed by atoms with Gasteiger partial charge in [0.05, 0.1) is 11.4 Å². The molecule has 1 amide bonds.